The van der Waals surface area contributed by atoms with Crippen LogP contribution in [-0.2, 0) is 0 Å². The van der Waals surface area contributed by atoms with Crippen molar-refractivity contribution in [2.24, 2.45) is 0 Å². The number of hydrogen-bond donors (Lipinski definition) is 0. The Morgan fingerprint density at radius 1 is 0.241 bits per heavy atom. The summed E-state index contributed by atoms with van der Waals surface area (Å²) in [6.45, 7) is 0. The first kappa shape index (κ1) is 33.6. The summed E-state index contributed by atoms with van der Waals surface area (Å²) in [4.78, 5) is 2.38. The number of rotatable bonds is 7. The molecule has 0 unspecified atom stereocenters. The van der Waals surface area contributed by atoms with Gasteiger partial charge in [-0.2, -0.15) is 0 Å². The normalized spacial score (nSPS) is 11.4. The fourth-order valence-electron chi connectivity index (χ4n) is 8.72. The Morgan fingerprint density at radius 2 is 0.638 bits per heavy atom. The van der Waals surface area contributed by atoms with E-state index in [1.54, 1.807) is 0 Å². The molecule has 2 heteroatoms. The molecule has 0 N–H and O–H groups in total. The zero-order chi connectivity index (χ0) is 38.4. The average Bonchev–Trinajstić information content (AvgIpc) is 3.68. The molecule has 11 aromatic rings. The van der Waals surface area contributed by atoms with Gasteiger partial charge >= 0.3 is 0 Å². The Balaban J connectivity index is 1.12. The van der Waals surface area contributed by atoms with E-state index < -0.39 is 0 Å². The van der Waals surface area contributed by atoms with Crippen LogP contribution in [0.2, 0.25) is 0 Å². The van der Waals surface area contributed by atoms with E-state index in [0.29, 0.717) is 0 Å². The zero-order valence-corrected chi connectivity index (χ0v) is 31.7. The monoisotopic (exact) mass is 739 g/mol. The maximum atomic E-state index is 6.30. The SMILES string of the molecule is c1ccc(-c2ccc(-c3ccc(N(c4ccc5c(c4)c(-c4ccccc4)c(-c4ccccc4)c4ccccc45)c4ccc5oc6ccccc6c5c4)cc3)cc2)cc1. The van der Waals surface area contributed by atoms with Crippen LogP contribution in [-0.4, -0.2) is 0 Å². The van der Waals surface area contributed by atoms with Crippen LogP contribution in [0.3, 0.4) is 0 Å². The molecule has 0 bridgehead atoms. The molecule has 0 saturated carbocycles. The van der Waals surface area contributed by atoms with E-state index in [2.05, 4.69) is 217 Å². The first-order valence-corrected chi connectivity index (χ1v) is 19.8. The Hall–Kier alpha value is -7.68. The molecule has 1 aromatic heterocycles. The summed E-state index contributed by atoms with van der Waals surface area (Å²) >= 11 is 0. The molecule has 0 aliphatic heterocycles. The van der Waals surface area contributed by atoms with Crippen LogP contribution >= 0.6 is 0 Å². The van der Waals surface area contributed by atoms with Gasteiger partial charge in [-0.25, -0.2) is 0 Å². The van der Waals surface area contributed by atoms with Crippen molar-refractivity contribution in [1.29, 1.82) is 0 Å². The van der Waals surface area contributed by atoms with Crippen LogP contribution in [0.25, 0.3) is 88.0 Å². The molecule has 0 aliphatic rings. The predicted octanol–water partition coefficient (Wildman–Crippen LogP) is 16.0. The topological polar surface area (TPSA) is 16.4 Å². The Bertz CT molecular complexity index is 3240. The lowest BCUT2D eigenvalue weighted by atomic mass is 9.85. The molecule has 11 rings (SSSR count). The van der Waals surface area contributed by atoms with E-state index >= 15 is 0 Å². The third kappa shape index (κ3) is 5.82. The van der Waals surface area contributed by atoms with Gasteiger partial charge in [-0.05, 0) is 115 Å². The zero-order valence-electron chi connectivity index (χ0n) is 31.7. The summed E-state index contributed by atoms with van der Waals surface area (Å²) in [7, 11) is 0. The molecular formula is C56H37NO. The third-order valence-electron chi connectivity index (χ3n) is 11.5. The molecule has 0 spiro atoms. The highest BCUT2D eigenvalue weighted by Crippen LogP contribution is 2.47. The molecule has 1 heterocycles. The minimum Gasteiger partial charge on any atom is -0.456 e. The number of para-hydroxylation sites is 1. The van der Waals surface area contributed by atoms with E-state index in [0.717, 1.165) is 39.0 Å². The highest BCUT2D eigenvalue weighted by Gasteiger charge is 2.21. The molecule has 0 amide bonds. The van der Waals surface area contributed by atoms with Gasteiger partial charge in [-0.1, -0.05) is 176 Å². The molecule has 2 nitrogen and oxygen atoms in total. The lowest BCUT2D eigenvalue weighted by molar-refractivity contribution is 0.669. The number of fused-ring (bicyclic) bond motifs is 6. The van der Waals surface area contributed by atoms with Gasteiger partial charge in [-0.15, -0.1) is 0 Å². The Labute approximate surface area is 337 Å². The second-order valence-electron chi connectivity index (χ2n) is 14.9. The Morgan fingerprint density at radius 3 is 1.26 bits per heavy atom. The lowest BCUT2D eigenvalue weighted by Crippen LogP contribution is -2.10. The first-order chi connectivity index (χ1) is 28.8. The maximum absolute atomic E-state index is 6.30. The van der Waals surface area contributed by atoms with Crippen LogP contribution in [0.15, 0.2) is 229 Å². The van der Waals surface area contributed by atoms with E-state index in [1.807, 2.05) is 12.1 Å². The summed E-state index contributed by atoms with van der Waals surface area (Å²) in [6, 6.07) is 80.7. The molecule has 0 atom stereocenters. The highest BCUT2D eigenvalue weighted by atomic mass is 16.3. The highest BCUT2D eigenvalue weighted by molar-refractivity contribution is 6.22. The summed E-state index contributed by atoms with van der Waals surface area (Å²) in [6.07, 6.45) is 0. The van der Waals surface area contributed by atoms with Gasteiger partial charge in [0.05, 0.1) is 0 Å². The van der Waals surface area contributed by atoms with Gasteiger partial charge < -0.3 is 9.32 Å². The fraction of sp³-hybridized carbons (Fsp3) is 0. The van der Waals surface area contributed by atoms with Gasteiger partial charge in [0.1, 0.15) is 11.2 Å². The van der Waals surface area contributed by atoms with Crippen LogP contribution < -0.4 is 4.90 Å². The third-order valence-corrected chi connectivity index (χ3v) is 11.5. The standard InChI is InChI=1S/C56H37NO/c1-4-14-38(15-5-1)39-24-26-40(27-25-39)41-28-30-44(31-29-41)57(46-33-35-54-51(36-46)49-21-12-13-23-53(49)58-54)45-32-34-48-47-20-10-11-22-50(47)55(42-16-6-2-7-17-42)56(52(48)37-45)43-18-8-3-9-19-43/h1-37H. The largest absolute Gasteiger partial charge is 0.456 e. The molecule has 10 aromatic carbocycles. The molecule has 0 fully saturated rings. The average molecular weight is 740 g/mol. The number of benzene rings is 10. The second kappa shape index (κ2) is 14.1. The predicted molar refractivity (Wildman–Crippen MR) is 245 cm³/mol. The Kier molecular flexibility index (Phi) is 8.19. The van der Waals surface area contributed by atoms with Gasteiger partial charge in [-0.3, -0.25) is 0 Å². The van der Waals surface area contributed by atoms with Crippen molar-refractivity contribution in [3.8, 4) is 44.5 Å². The summed E-state index contributed by atoms with van der Waals surface area (Å²) < 4.78 is 6.30. The fourth-order valence-corrected chi connectivity index (χ4v) is 8.72. The first-order valence-electron chi connectivity index (χ1n) is 19.8. The van der Waals surface area contributed by atoms with Crippen LogP contribution in [0, 0.1) is 0 Å². The molecule has 272 valence electrons. The molecule has 0 saturated heterocycles. The van der Waals surface area contributed by atoms with Crippen molar-refractivity contribution in [3.63, 3.8) is 0 Å². The van der Waals surface area contributed by atoms with Gasteiger partial charge in [0.15, 0.2) is 0 Å². The van der Waals surface area contributed by atoms with Crippen LogP contribution in [0.5, 0.6) is 0 Å². The van der Waals surface area contributed by atoms with E-state index in [-0.39, 0.29) is 0 Å². The molecule has 0 radical (unpaired) electrons. The van der Waals surface area contributed by atoms with Crippen molar-refractivity contribution in [2.45, 2.75) is 0 Å². The molecule has 58 heavy (non-hydrogen) atoms. The van der Waals surface area contributed by atoms with E-state index in [9.17, 15) is 0 Å². The lowest BCUT2D eigenvalue weighted by Gasteiger charge is -2.27. The quantitative estimate of drug-likeness (QED) is 0.151. The van der Waals surface area contributed by atoms with Crippen molar-refractivity contribution < 1.29 is 4.42 Å². The summed E-state index contributed by atoms with van der Waals surface area (Å²) in [5.74, 6) is 0. The van der Waals surface area contributed by atoms with Gasteiger partial charge in [0.2, 0.25) is 0 Å². The van der Waals surface area contributed by atoms with E-state index in [1.165, 1.54) is 66.1 Å². The minimum absolute atomic E-state index is 0.878. The smallest absolute Gasteiger partial charge is 0.135 e. The number of hydrogen-bond acceptors (Lipinski definition) is 2. The minimum atomic E-state index is 0.878. The van der Waals surface area contributed by atoms with Crippen molar-refractivity contribution >= 4 is 60.5 Å². The second-order valence-corrected chi connectivity index (χ2v) is 14.9. The van der Waals surface area contributed by atoms with Crippen molar-refractivity contribution in [1.82, 2.24) is 0 Å². The van der Waals surface area contributed by atoms with Gasteiger partial charge in [0.25, 0.3) is 0 Å². The number of anilines is 3. The van der Waals surface area contributed by atoms with Crippen LogP contribution in [0.4, 0.5) is 17.1 Å². The number of furan rings is 1. The molecular weight excluding hydrogens is 703 g/mol. The summed E-state index contributed by atoms with van der Waals surface area (Å²) in [5, 5.41) is 7.12. The van der Waals surface area contributed by atoms with Gasteiger partial charge in [0, 0.05) is 27.8 Å². The maximum Gasteiger partial charge on any atom is 0.135 e. The molecule has 0 aliphatic carbocycles. The van der Waals surface area contributed by atoms with Crippen LogP contribution in [0.1, 0.15) is 0 Å². The number of nitrogens with zero attached hydrogens (tertiary/aromatic N) is 1. The van der Waals surface area contributed by atoms with Crippen molar-refractivity contribution in [3.05, 3.63) is 224 Å². The van der Waals surface area contributed by atoms with Crippen molar-refractivity contribution in [2.75, 3.05) is 4.90 Å². The summed E-state index contributed by atoms with van der Waals surface area (Å²) in [5.41, 5.74) is 14.6. The van der Waals surface area contributed by atoms with E-state index in [4.69, 9.17) is 4.42 Å².